The third-order valence-corrected chi connectivity index (χ3v) is 3.89. The molecule has 2 aliphatic rings. The van der Waals surface area contributed by atoms with Gasteiger partial charge in [0.2, 0.25) is 0 Å². The molecule has 1 aromatic rings. The lowest BCUT2D eigenvalue weighted by molar-refractivity contribution is 0.0649. The van der Waals surface area contributed by atoms with Crippen LogP contribution in [0.25, 0.3) is 0 Å². The number of nitrogens with zero attached hydrogens (tertiary/aromatic N) is 3. The van der Waals surface area contributed by atoms with E-state index in [9.17, 15) is 4.79 Å². The molecule has 0 bridgehead atoms. The molecule has 1 saturated carbocycles. The minimum Gasteiger partial charge on any atom is -0.332 e. The topological polar surface area (TPSA) is 50.2 Å². The van der Waals surface area contributed by atoms with E-state index in [1.165, 1.54) is 18.5 Å². The molecule has 1 saturated heterocycles. The van der Waals surface area contributed by atoms with E-state index in [1.54, 1.807) is 0 Å². The summed E-state index contributed by atoms with van der Waals surface area (Å²) in [5.41, 5.74) is 1.81. The minimum absolute atomic E-state index is 0. The summed E-state index contributed by atoms with van der Waals surface area (Å²) in [7, 11) is 1.94. The van der Waals surface area contributed by atoms with Crippen molar-refractivity contribution in [2.45, 2.75) is 31.7 Å². The zero-order valence-corrected chi connectivity index (χ0v) is 12.2. The van der Waals surface area contributed by atoms with Gasteiger partial charge in [0, 0.05) is 44.3 Å². The third kappa shape index (κ3) is 2.77. The largest absolute Gasteiger partial charge is 0.332 e. The number of halogens is 1. The van der Waals surface area contributed by atoms with Crippen LogP contribution in [0, 0.1) is 0 Å². The highest BCUT2D eigenvalue weighted by Crippen LogP contribution is 2.40. The first-order valence-electron chi connectivity index (χ1n) is 6.72. The van der Waals surface area contributed by atoms with Gasteiger partial charge in [-0.15, -0.1) is 12.4 Å². The molecule has 1 aromatic heterocycles. The van der Waals surface area contributed by atoms with Gasteiger partial charge in [-0.2, -0.15) is 5.10 Å². The van der Waals surface area contributed by atoms with Crippen LogP contribution < -0.4 is 5.32 Å². The van der Waals surface area contributed by atoms with Gasteiger partial charge in [0.05, 0.1) is 0 Å². The van der Waals surface area contributed by atoms with Crippen LogP contribution in [-0.2, 0) is 7.05 Å². The van der Waals surface area contributed by atoms with Gasteiger partial charge < -0.3 is 10.2 Å². The summed E-state index contributed by atoms with van der Waals surface area (Å²) in [6, 6.07) is 2.23. The van der Waals surface area contributed by atoms with Crippen LogP contribution in [0.5, 0.6) is 0 Å². The summed E-state index contributed by atoms with van der Waals surface area (Å²) >= 11 is 0. The molecular formula is C13H21ClN4O. The standard InChI is InChI=1S/C13H20N4O.ClH/c1-9-8-14-5-6-17(9)13(18)11-7-12(10-3-4-10)16(2)15-11;/h7,9-10,14H,3-6,8H2,1-2H3;1H/t9-;/m0./s1. The number of hydrogen-bond donors (Lipinski definition) is 1. The van der Waals surface area contributed by atoms with Gasteiger partial charge in [-0.05, 0) is 25.8 Å². The number of aromatic nitrogens is 2. The van der Waals surface area contributed by atoms with Crippen molar-refractivity contribution >= 4 is 18.3 Å². The fourth-order valence-corrected chi connectivity index (χ4v) is 2.64. The van der Waals surface area contributed by atoms with Crippen LogP contribution in [0.15, 0.2) is 6.07 Å². The SMILES string of the molecule is C[C@H]1CNCCN1C(=O)c1cc(C2CC2)n(C)n1.Cl. The lowest BCUT2D eigenvalue weighted by Gasteiger charge is -2.33. The van der Waals surface area contributed by atoms with Crippen molar-refractivity contribution < 1.29 is 4.79 Å². The molecule has 2 fully saturated rings. The van der Waals surface area contributed by atoms with E-state index in [1.807, 2.05) is 22.7 Å². The summed E-state index contributed by atoms with van der Waals surface area (Å²) in [5, 5.41) is 7.68. The first-order valence-corrected chi connectivity index (χ1v) is 6.72. The van der Waals surface area contributed by atoms with Crippen LogP contribution in [0.1, 0.15) is 41.9 Å². The Morgan fingerprint density at radius 2 is 2.21 bits per heavy atom. The smallest absolute Gasteiger partial charge is 0.274 e. The zero-order chi connectivity index (χ0) is 12.7. The van der Waals surface area contributed by atoms with Crippen molar-refractivity contribution in [2.24, 2.45) is 7.05 Å². The Labute approximate surface area is 119 Å². The molecule has 5 nitrogen and oxygen atoms in total. The van der Waals surface area contributed by atoms with Crippen LogP contribution in [0.3, 0.4) is 0 Å². The zero-order valence-electron chi connectivity index (χ0n) is 11.4. The van der Waals surface area contributed by atoms with Gasteiger partial charge in [0.1, 0.15) is 0 Å². The molecule has 0 spiro atoms. The van der Waals surface area contributed by atoms with Gasteiger partial charge in [0.15, 0.2) is 5.69 Å². The number of nitrogens with one attached hydrogen (secondary N) is 1. The van der Waals surface area contributed by atoms with Gasteiger partial charge in [0.25, 0.3) is 5.91 Å². The second kappa shape index (κ2) is 5.51. The number of carbonyl (C=O) groups excluding carboxylic acids is 1. The highest BCUT2D eigenvalue weighted by Gasteiger charge is 2.30. The molecule has 1 atom stereocenters. The monoisotopic (exact) mass is 284 g/mol. The second-order valence-electron chi connectivity index (χ2n) is 5.40. The van der Waals surface area contributed by atoms with Crippen molar-refractivity contribution in [2.75, 3.05) is 19.6 Å². The molecular weight excluding hydrogens is 264 g/mol. The van der Waals surface area contributed by atoms with Crippen molar-refractivity contribution in [3.05, 3.63) is 17.5 Å². The molecule has 1 aliphatic heterocycles. The quantitative estimate of drug-likeness (QED) is 0.886. The highest BCUT2D eigenvalue weighted by atomic mass is 35.5. The van der Waals surface area contributed by atoms with Gasteiger partial charge in [-0.3, -0.25) is 9.48 Å². The Hall–Kier alpha value is -1.07. The molecule has 1 amide bonds. The molecule has 1 aliphatic carbocycles. The average Bonchev–Trinajstić information content (AvgIpc) is 3.12. The Balaban J connectivity index is 0.00000133. The summed E-state index contributed by atoms with van der Waals surface area (Å²) in [6.45, 7) is 4.59. The molecule has 19 heavy (non-hydrogen) atoms. The van der Waals surface area contributed by atoms with Gasteiger partial charge in [-0.25, -0.2) is 0 Å². The van der Waals surface area contributed by atoms with E-state index in [-0.39, 0.29) is 24.4 Å². The fourth-order valence-electron chi connectivity index (χ4n) is 2.64. The van der Waals surface area contributed by atoms with Crippen molar-refractivity contribution in [3.8, 4) is 0 Å². The predicted octanol–water partition coefficient (Wildman–Crippen LogP) is 1.15. The summed E-state index contributed by atoms with van der Waals surface area (Å²) < 4.78 is 1.87. The maximum Gasteiger partial charge on any atom is 0.274 e. The van der Waals surface area contributed by atoms with Crippen LogP contribution in [0.4, 0.5) is 0 Å². The molecule has 2 heterocycles. The van der Waals surface area contributed by atoms with Crippen molar-refractivity contribution in [1.82, 2.24) is 20.0 Å². The Morgan fingerprint density at radius 1 is 1.47 bits per heavy atom. The Morgan fingerprint density at radius 3 is 2.84 bits per heavy atom. The minimum atomic E-state index is 0. The molecule has 0 aromatic carbocycles. The van der Waals surface area contributed by atoms with Crippen LogP contribution in [-0.4, -0.2) is 46.3 Å². The molecule has 6 heteroatoms. The van der Waals surface area contributed by atoms with E-state index in [0.29, 0.717) is 11.6 Å². The fraction of sp³-hybridized carbons (Fsp3) is 0.692. The predicted molar refractivity (Wildman–Crippen MR) is 75.8 cm³/mol. The third-order valence-electron chi connectivity index (χ3n) is 3.89. The number of rotatable bonds is 2. The molecule has 3 rings (SSSR count). The van der Waals surface area contributed by atoms with E-state index in [0.717, 1.165) is 19.6 Å². The summed E-state index contributed by atoms with van der Waals surface area (Å²) in [4.78, 5) is 14.4. The van der Waals surface area contributed by atoms with E-state index < -0.39 is 0 Å². The lowest BCUT2D eigenvalue weighted by atomic mass is 10.2. The maximum atomic E-state index is 12.4. The Bertz CT molecular complexity index is 469. The lowest BCUT2D eigenvalue weighted by Crippen LogP contribution is -2.52. The molecule has 1 N–H and O–H groups in total. The molecule has 0 radical (unpaired) electrons. The van der Waals surface area contributed by atoms with E-state index in [2.05, 4.69) is 17.3 Å². The summed E-state index contributed by atoms with van der Waals surface area (Å²) in [5.74, 6) is 0.705. The van der Waals surface area contributed by atoms with Crippen molar-refractivity contribution in [3.63, 3.8) is 0 Å². The molecule has 0 unspecified atom stereocenters. The number of carbonyl (C=O) groups is 1. The van der Waals surface area contributed by atoms with E-state index in [4.69, 9.17) is 0 Å². The van der Waals surface area contributed by atoms with Gasteiger partial charge >= 0.3 is 0 Å². The average molecular weight is 285 g/mol. The number of piperazine rings is 1. The second-order valence-corrected chi connectivity index (χ2v) is 5.40. The first kappa shape index (κ1) is 14.3. The Kier molecular flexibility index (Phi) is 4.16. The van der Waals surface area contributed by atoms with E-state index >= 15 is 0 Å². The molecule has 106 valence electrons. The number of amides is 1. The number of hydrogen-bond acceptors (Lipinski definition) is 3. The van der Waals surface area contributed by atoms with Crippen molar-refractivity contribution in [1.29, 1.82) is 0 Å². The van der Waals surface area contributed by atoms with Gasteiger partial charge in [-0.1, -0.05) is 0 Å². The first-order chi connectivity index (χ1) is 8.66. The highest BCUT2D eigenvalue weighted by molar-refractivity contribution is 5.92. The normalized spacial score (nSPS) is 23.1. The summed E-state index contributed by atoms with van der Waals surface area (Å²) in [6.07, 6.45) is 2.47. The maximum absolute atomic E-state index is 12.4. The number of aryl methyl sites for hydroxylation is 1. The van der Waals surface area contributed by atoms with Crippen LogP contribution in [0.2, 0.25) is 0 Å². The van der Waals surface area contributed by atoms with Crippen LogP contribution >= 0.6 is 12.4 Å².